The third-order valence-electron chi connectivity index (χ3n) is 4.19. The number of carbonyl (C=O) groups is 1. The SMILES string of the molecule is O=C([O-])c1cnn(Cc2cnc(N3CC4CC4C3)cn2)c1. The zero-order chi connectivity index (χ0) is 14.4. The van der Waals surface area contributed by atoms with Crippen LogP contribution in [-0.4, -0.2) is 38.8 Å². The number of rotatable bonds is 4. The van der Waals surface area contributed by atoms with Crippen LogP contribution in [0.4, 0.5) is 5.82 Å². The molecule has 1 saturated heterocycles. The van der Waals surface area contributed by atoms with Crippen LogP contribution in [0, 0.1) is 11.8 Å². The molecule has 2 atom stereocenters. The smallest absolute Gasteiger partial charge is 0.147 e. The van der Waals surface area contributed by atoms with E-state index in [-0.39, 0.29) is 5.56 Å². The first-order valence-electron chi connectivity index (χ1n) is 6.99. The molecule has 2 aromatic rings. The Morgan fingerprint density at radius 2 is 2.05 bits per heavy atom. The zero-order valence-electron chi connectivity index (χ0n) is 11.3. The molecule has 2 aliphatic rings. The lowest BCUT2D eigenvalue weighted by Gasteiger charge is -2.18. The highest BCUT2D eigenvalue weighted by Crippen LogP contribution is 2.45. The largest absolute Gasteiger partial charge is 0.545 e. The van der Waals surface area contributed by atoms with Gasteiger partial charge in [-0.25, -0.2) is 4.98 Å². The molecule has 0 aromatic carbocycles. The Labute approximate surface area is 121 Å². The van der Waals surface area contributed by atoms with Crippen molar-refractivity contribution in [2.75, 3.05) is 18.0 Å². The number of nitrogens with zero attached hydrogens (tertiary/aromatic N) is 5. The van der Waals surface area contributed by atoms with E-state index in [2.05, 4.69) is 20.0 Å². The molecule has 0 radical (unpaired) electrons. The monoisotopic (exact) mass is 284 g/mol. The minimum absolute atomic E-state index is 0.0656. The van der Waals surface area contributed by atoms with Crippen molar-refractivity contribution in [2.45, 2.75) is 13.0 Å². The van der Waals surface area contributed by atoms with Crippen LogP contribution in [0.1, 0.15) is 22.5 Å². The summed E-state index contributed by atoms with van der Waals surface area (Å²) < 4.78 is 1.51. The van der Waals surface area contributed by atoms with Crippen LogP contribution in [0.5, 0.6) is 0 Å². The van der Waals surface area contributed by atoms with Gasteiger partial charge in [0.25, 0.3) is 0 Å². The van der Waals surface area contributed by atoms with Crippen molar-refractivity contribution in [2.24, 2.45) is 11.8 Å². The molecule has 1 aliphatic heterocycles. The van der Waals surface area contributed by atoms with Crippen LogP contribution in [0.2, 0.25) is 0 Å². The second kappa shape index (κ2) is 4.54. The van der Waals surface area contributed by atoms with Gasteiger partial charge in [-0.15, -0.1) is 0 Å². The van der Waals surface area contributed by atoms with E-state index in [1.54, 1.807) is 12.4 Å². The summed E-state index contributed by atoms with van der Waals surface area (Å²) in [5, 5.41) is 14.7. The summed E-state index contributed by atoms with van der Waals surface area (Å²) in [5.74, 6) is 1.41. The van der Waals surface area contributed by atoms with Crippen molar-refractivity contribution in [3.8, 4) is 0 Å². The molecular weight excluding hydrogens is 270 g/mol. The molecule has 0 N–H and O–H groups in total. The maximum atomic E-state index is 10.7. The second-order valence-corrected chi connectivity index (χ2v) is 5.74. The summed E-state index contributed by atoms with van der Waals surface area (Å²) in [7, 11) is 0. The first-order chi connectivity index (χ1) is 10.2. The van der Waals surface area contributed by atoms with Gasteiger partial charge in [0.05, 0.1) is 36.8 Å². The fourth-order valence-corrected chi connectivity index (χ4v) is 2.90. The fraction of sp³-hybridized carbons (Fsp3) is 0.429. The lowest BCUT2D eigenvalue weighted by molar-refractivity contribution is -0.255. The number of piperidine rings is 1. The maximum absolute atomic E-state index is 10.7. The van der Waals surface area contributed by atoms with Gasteiger partial charge in [0.1, 0.15) is 5.82 Å². The van der Waals surface area contributed by atoms with Crippen molar-refractivity contribution >= 4 is 11.8 Å². The molecule has 2 unspecified atom stereocenters. The van der Waals surface area contributed by atoms with E-state index in [0.29, 0.717) is 6.54 Å². The number of carbonyl (C=O) groups excluding carboxylic acids is 1. The molecule has 21 heavy (non-hydrogen) atoms. The summed E-state index contributed by atoms with van der Waals surface area (Å²) in [4.78, 5) is 21.8. The quantitative estimate of drug-likeness (QED) is 0.755. The Bertz CT molecular complexity index is 671. The predicted molar refractivity (Wildman–Crippen MR) is 71.5 cm³/mol. The summed E-state index contributed by atoms with van der Waals surface area (Å²) in [5.41, 5.74) is 0.812. The number of anilines is 1. The Balaban J connectivity index is 1.44. The number of carboxylic acid groups (broad SMARTS) is 1. The predicted octanol–water partition coefficient (Wildman–Crippen LogP) is -0.459. The van der Waals surface area contributed by atoms with Gasteiger partial charge >= 0.3 is 0 Å². The van der Waals surface area contributed by atoms with E-state index < -0.39 is 5.97 Å². The van der Waals surface area contributed by atoms with E-state index in [4.69, 9.17) is 0 Å². The van der Waals surface area contributed by atoms with Crippen molar-refractivity contribution in [1.82, 2.24) is 19.7 Å². The van der Waals surface area contributed by atoms with Gasteiger partial charge in [0.15, 0.2) is 0 Å². The first kappa shape index (κ1) is 12.3. The first-order valence-corrected chi connectivity index (χ1v) is 6.99. The average molecular weight is 284 g/mol. The fourth-order valence-electron chi connectivity index (χ4n) is 2.90. The van der Waals surface area contributed by atoms with Crippen molar-refractivity contribution in [1.29, 1.82) is 0 Å². The number of aromatic nitrogens is 4. The van der Waals surface area contributed by atoms with Gasteiger partial charge in [-0.1, -0.05) is 0 Å². The molecule has 2 fully saturated rings. The lowest BCUT2D eigenvalue weighted by Crippen LogP contribution is -2.23. The van der Waals surface area contributed by atoms with Crippen LogP contribution >= 0.6 is 0 Å². The average Bonchev–Trinajstić information content (AvgIpc) is 2.90. The van der Waals surface area contributed by atoms with Gasteiger partial charge in [-0.3, -0.25) is 9.67 Å². The second-order valence-electron chi connectivity index (χ2n) is 5.74. The maximum Gasteiger partial charge on any atom is 0.147 e. The minimum Gasteiger partial charge on any atom is -0.545 e. The van der Waals surface area contributed by atoms with Crippen molar-refractivity contribution in [3.63, 3.8) is 0 Å². The Morgan fingerprint density at radius 3 is 2.67 bits per heavy atom. The van der Waals surface area contributed by atoms with E-state index >= 15 is 0 Å². The number of carboxylic acids is 1. The summed E-state index contributed by atoms with van der Waals surface area (Å²) in [6, 6.07) is 0. The summed E-state index contributed by atoms with van der Waals surface area (Å²) in [6.07, 6.45) is 7.57. The lowest BCUT2D eigenvalue weighted by atomic mass is 10.4. The molecule has 0 bridgehead atoms. The number of hydrogen-bond donors (Lipinski definition) is 0. The highest BCUT2D eigenvalue weighted by molar-refractivity contribution is 5.84. The molecule has 3 heterocycles. The van der Waals surface area contributed by atoms with E-state index in [0.717, 1.165) is 36.4 Å². The van der Waals surface area contributed by atoms with Gasteiger partial charge < -0.3 is 14.8 Å². The third-order valence-corrected chi connectivity index (χ3v) is 4.19. The molecule has 1 saturated carbocycles. The molecule has 1 aliphatic carbocycles. The number of aromatic carboxylic acids is 1. The van der Waals surface area contributed by atoms with Crippen LogP contribution in [0.3, 0.4) is 0 Å². The highest BCUT2D eigenvalue weighted by Gasteiger charge is 2.45. The highest BCUT2D eigenvalue weighted by atomic mass is 16.4. The molecule has 7 heteroatoms. The van der Waals surface area contributed by atoms with Crippen molar-refractivity contribution < 1.29 is 9.90 Å². The van der Waals surface area contributed by atoms with Gasteiger partial charge in [-0.2, -0.15) is 5.10 Å². The minimum atomic E-state index is -1.23. The van der Waals surface area contributed by atoms with Gasteiger partial charge in [-0.05, 0) is 18.3 Å². The van der Waals surface area contributed by atoms with Crippen LogP contribution < -0.4 is 10.0 Å². The van der Waals surface area contributed by atoms with Crippen LogP contribution in [0.25, 0.3) is 0 Å². The molecule has 108 valence electrons. The van der Waals surface area contributed by atoms with E-state index in [1.807, 2.05) is 0 Å². The standard InChI is InChI=1S/C14H15N5O2/c20-14(21)11-2-17-19(7-11)8-12-3-16-13(4-15-12)18-5-9-1-10(9)6-18/h2-4,7,9-10H,1,5-6,8H2,(H,20,21)/p-1. The van der Waals surface area contributed by atoms with Crippen LogP contribution in [-0.2, 0) is 6.54 Å². The molecule has 7 nitrogen and oxygen atoms in total. The van der Waals surface area contributed by atoms with Crippen molar-refractivity contribution in [3.05, 3.63) is 36.0 Å². The molecule has 0 spiro atoms. The van der Waals surface area contributed by atoms with Gasteiger partial charge in [0.2, 0.25) is 0 Å². The molecule has 2 aromatic heterocycles. The topological polar surface area (TPSA) is 87.0 Å². The Hall–Kier alpha value is -2.44. The van der Waals surface area contributed by atoms with Crippen LogP contribution in [0.15, 0.2) is 24.8 Å². The Kier molecular flexibility index (Phi) is 2.66. The third kappa shape index (κ3) is 2.35. The summed E-state index contributed by atoms with van der Waals surface area (Å²) in [6.45, 7) is 2.57. The Morgan fingerprint density at radius 1 is 1.24 bits per heavy atom. The summed E-state index contributed by atoms with van der Waals surface area (Å²) >= 11 is 0. The van der Waals surface area contributed by atoms with E-state index in [1.165, 1.54) is 23.5 Å². The molecule has 4 rings (SSSR count). The number of fused-ring (bicyclic) bond motifs is 1. The normalized spacial score (nSPS) is 23.1. The zero-order valence-corrected chi connectivity index (χ0v) is 11.3. The van der Waals surface area contributed by atoms with Gasteiger partial charge in [0, 0.05) is 24.8 Å². The number of hydrogen-bond acceptors (Lipinski definition) is 6. The van der Waals surface area contributed by atoms with E-state index in [9.17, 15) is 9.90 Å². The molecular formula is C14H14N5O2-. The molecule has 0 amide bonds.